The minimum Gasteiger partial charge on any atom is -0.448 e. The van der Waals surface area contributed by atoms with Gasteiger partial charge in [-0.15, -0.1) is 9.78 Å². The average molecular weight is 317 g/mol. The van der Waals surface area contributed by atoms with Gasteiger partial charge in [0.25, 0.3) is 0 Å². The number of carbonyl (C=O) groups excluding carboxylic acids is 1. The van der Waals surface area contributed by atoms with Gasteiger partial charge in [-0.2, -0.15) is 0 Å². The van der Waals surface area contributed by atoms with Crippen LogP contribution in [0.25, 0.3) is 0 Å². The number of carbonyl (C=O) groups is 1. The van der Waals surface area contributed by atoms with E-state index in [4.69, 9.17) is 9.47 Å². The van der Waals surface area contributed by atoms with Gasteiger partial charge in [-0.25, -0.2) is 4.79 Å². The minimum atomic E-state index is -0.568. The van der Waals surface area contributed by atoms with E-state index in [1.54, 1.807) is 6.92 Å². The summed E-state index contributed by atoms with van der Waals surface area (Å²) in [5.74, 6) is 0.455. The molecule has 3 rings (SSSR count). The summed E-state index contributed by atoms with van der Waals surface area (Å²) >= 11 is 0. The van der Waals surface area contributed by atoms with Crippen molar-refractivity contribution in [3.05, 3.63) is 41.7 Å². The summed E-state index contributed by atoms with van der Waals surface area (Å²) in [6.45, 7) is 4.80. The molecule has 0 bridgehead atoms. The van der Waals surface area contributed by atoms with E-state index >= 15 is 0 Å². The first kappa shape index (κ1) is 15.6. The fourth-order valence-corrected chi connectivity index (χ4v) is 2.67. The lowest BCUT2D eigenvalue weighted by atomic mass is 10.0. The van der Waals surface area contributed by atoms with E-state index in [0.717, 1.165) is 23.3 Å². The monoisotopic (exact) mass is 317 g/mol. The van der Waals surface area contributed by atoms with Crippen molar-refractivity contribution in [3.8, 4) is 0 Å². The van der Waals surface area contributed by atoms with Gasteiger partial charge in [-0.3, -0.25) is 4.90 Å². The van der Waals surface area contributed by atoms with E-state index in [-0.39, 0.29) is 12.6 Å². The zero-order valence-electron chi connectivity index (χ0n) is 13.0. The van der Waals surface area contributed by atoms with Crippen LogP contribution in [0.1, 0.15) is 24.4 Å². The molecule has 2 aromatic rings. The van der Waals surface area contributed by atoms with E-state index in [1.807, 2.05) is 30.3 Å². The second-order valence-corrected chi connectivity index (χ2v) is 5.11. The Morgan fingerprint density at radius 3 is 2.74 bits per heavy atom. The highest BCUT2D eigenvalue weighted by Crippen LogP contribution is 2.27. The Bertz CT molecular complexity index is 640. The Morgan fingerprint density at radius 1 is 1.30 bits per heavy atom. The lowest BCUT2D eigenvalue weighted by Gasteiger charge is -2.33. The van der Waals surface area contributed by atoms with Gasteiger partial charge < -0.3 is 9.47 Å². The maximum Gasteiger partial charge on any atom is 0.437 e. The standard InChI is InChI=1S/C15H19N5O3/c1-2-23-15(21)20-14(16-17-18-20)13(12-6-4-3-5-7-12)19-8-10-22-11-9-19/h3-7,13H,2,8-11H2,1H3. The van der Waals surface area contributed by atoms with Crippen molar-refractivity contribution in [3.63, 3.8) is 0 Å². The van der Waals surface area contributed by atoms with Crippen molar-refractivity contribution < 1.29 is 14.3 Å². The van der Waals surface area contributed by atoms with Gasteiger partial charge in [-0.05, 0) is 22.9 Å². The molecule has 8 nitrogen and oxygen atoms in total. The Labute approximate surface area is 134 Å². The molecule has 0 amide bonds. The molecule has 0 N–H and O–H groups in total. The Balaban J connectivity index is 1.99. The van der Waals surface area contributed by atoms with E-state index in [0.29, 0.717) is 19.0 Å². The number of hydrogen-bond donors (Lipinski definition) is 0. The predicted octanol–water partition coefficient (Wildman–Crippen LogP) is 1.10. The molecule has 1 aliphatic rings. The third-order valence-corrected chi connectivity index (χ3v) is 3.71. The van der Waals surface area contributed by atoms with Crippen LogP contribution in [0.3, 0.4) is 0 Å². The summed E-state index contributed by atoms with van der Waals surface area (Å²) in [4.78, 5) is 14.3. The summed E-state index contributed by atoms with van der Waals surface area (Å²) in [5, 5.41) is 11.6. The highest BCUT2D eigenvalue weighted by atomic mass is 16.6. The lowest BCUT2D eigenvalue weighted by Crippen LogP contribution is -2.41. The minimum absolute atomic E-state index is 0.223. The van der Waals surface area contributed by atoms with Gasteiger partial charge in [0.05, 0.1) is 25.9 Å². The van der Waals surface area contributed by atoms with Crippen LogP contribution in [0.2, 0.25) is 0 Å². The molecular weight excluding hydrogens is 298 g/mol. The third kappa shape index (κ3) is 3.38. The normalized spacial score (nSPS) is 16.9. The van der Waals surface area contributed by atoms with Crippen LogP contribution in [0, 0.1) is 0 Å². The number of rotatable bonds is 4. The van der Waals surface area contributed by atoms with Crippen LogP contribution in [0.15, 0.2) is 30.3 Å². The van der Waals surface area contributed by atoms with Crippen molar-refractivity contribution in [2.24, 2.45) is 0 Å². The van der Waals surface area contributed by atoms with Crippen LogP contribution in [-0.2, 0) is 9.47 Å². The molecule has 0 radical (unpaired) electrons. The van der Waals surface area contributed by atoms with E-state index < -0.39 is 6.09 Å². The number of aromatic nitrogens is 4. The van der Waals surface area contributed by atoms with Gasteiger partial charge in [-0.1, -0.05) is 30.3 Å². The number of hydrogen-bond acceptors (Lipinski definition) is 7. The quantitative estimate of drug-likeness (QED) is 0.781. The Kier molecular flexibility index (Phi) is 4.94. The third-order valence-electron chi connectivity index (χ3n) is 3.71. The molecule has 1 aromatic carbocycles. The van der Waals surface area contributed by atoms with Crippen LogP contribution in [-0.4, -0.2) is 64.1 Å². The van der Waals surface area contributed by atoms with Gasteiger partial charge in [0.15, 0.2) is 5.82 Å². The molecule has 1 saturated heterocycles. The van der Waals surface area contributed by atoms with Crippen molar-refractivity contribution in [1.29, 1.82) is 0 Å². The largest absolute Gasteiger partial charge is 0.448 e. The molecule has 1 fully saturated rings. The number of morpholine rings is 1. The Hall–Kier alpha value is -2.32. The SMILES string of the molecule is CCOC(=O)n1nnnc1C(c1ccccc1)N1CCOCC1. The second kappa shape index (κ2) is 7.30. The number of benzene rings is 1. The zero-order chi connectivity index (χ0) is 16.1. The van der Waals surface area contributed by atoms with E-state index in [9.17, 15) is 4.79 Å². The first-order chi connectivity index (χ1) is 11.3. The molecule has 0 spiro atoms. The summed E-state index contributed by atoms with van der Waals surface area (Å²) in [5.41, 5.74) is 1.02. The topological polar surface area (TPSA) is 82.4 Å². The average Bonchev–Trinajstić information content (AvgIpc) is 3.07. The predicted molar refractivity (Wildman–Crippen MR) is 80.9 cm³/mol. The van der Waals surface area contributed by atoms with E-state index in [1.165, 1.54) is 0 Å². The maximum atomic E-state index is 12.1. The molecule has 1 aliphatic heterocycles. The van der Waals surface area contributed by atoms with Crippen molar-refractivity contribution in [2.45, 2.75) is 13.0 Å². The van der Waals surface area contributed by atoms with E-state index in [2.05, 4.69) is 20.4 Å². The van der Waals surface area contributed by atoms with Crippen LogP contribution in [0.5, 0.6) is 0 Å². The van der Waals surface area contributed by atoms with Crippen LogP contribution < -0.4 is 0 Å². The highest BCUT2D eigenvalue weighted by Gasteiger charge is 2.31. The van der Waals surface area contributed by atoms with Gasteiger partial charge in [0.2, 0.25) is 0 Å². The number of tetrazole rings is 1. The molecule has 2 heterocycles. The Morgan fingerprint density at radius 2 is 2.04 bits per heavy atom. The molecule has 23 heavy (non-hydrogen) atoms. The molecule has 0 aliphatic carbocycles. The van der Waals surface area contributed by atoms with Crippen LogP contribution in [0.4, 0.5) is 4.79 Å². The lowest BCUT2D eigenvalue weighted by molar-refractivity contribution is 0.0216. The number of nitrogens with zero attached hydrogens (tertiary/aromatic N) is 5. The molecule has 1 atom stereocenters. The molecule has 1 aromatic heterocycles. The van der Waals surface area contributed by atoms with Gasteiger partial charge in [0.1, 0.15) is 0 Å². The fraction of sp³-hybridized carbons (Fsp3) is 0.467. The van der Waals surface area contributed by atoms with Gasteiger partial charge in [0, 0.05) is 13.1 Å². The highest BCUT2D eigenvalue weighted by molar-refractivity contribution is 5.69. The summed E-state index contributed by atoms with van der Waals surface area (Å²) in [6.07, 6.45) is -0.568. The first-order valence-corrected chi connectivity index (χ1v) is 7.63. The van der Waals surface area contributed by atoms with Crippen molar-refractivity contribution in [2.75, 3.05) is 32.9 Å². The van der Waals surface area contributed by atoms with Crippen molar-refractivity contribution in [1.82, 2.24) is 25.1 Å². The van der Waals surface area contributed by atoms with Gasteiger partial charge >= 0.3 is 6.09 Å². The van der Waals surface area contributed by atoms with Crippen LogP contribution >= 0.6 is 0 Å². The molecule has 1 unspecified atom stereocenters. The summed E-state index contributed by atoms with van der Waals surface area (Å²) in [7, 11) is 0. The number of ether oxygens (including phenoxy) is 2. The zero-order valence-corrected chi connectivity index (χ0v) is 13.0. The summed E-state index contributed by atoms with van der Waals surface area (Å²) < 4.78 is 11.6. The first-order valence-electron chi connectivity index (χ1n) is 7.63. The maximum absolute atomic E-state index is 12.1. The fourth-order valence-electron chi connectivity index (χ4n) is 2.67. The molecular formula is C15H19N5O3. The molecule has 0 saturated carbocycles. The van der Waals surface area contributed by atoms with Crippen molar-refractivity contribution >= 4 is 6.09 Å². The second-order valence-electron chi connectivity index (χ2n) is 5.11. The smallest absolute Gasteiger partial charge is 0.437 e. The molecule has 8 heteroatoms. The molecule has 122 valence electrons. The summed E-state index contributed by atoms with van der Waals surface area (Å²) in [6, 6.07) is 9.66.